The van der Waals surface area contributed by atoms with Crippen LogP contribution in [0.4, 0.5) is 0 Å². The molecule has 3 rings (SSSR count). The quantitative estimate of drug-likeness (QED) is 0.377. The minimum absolute atomic E-state index is 0.0755. The van der Waals surface area contributed by atoms with E-state index >= 15 is 0 Å². The Hall–Kier alpha value is -0.690. The second-order valence-electron chi connectivity index (χ2n) is 5.34. The van der Waals surface area contributed by atoms with Gasteiger partial charge in [-0.15, -0.1) is 0 Å². The molecule has 1 heterocycles. The molecule has 128 valence electrons. The van der Waals surface area contributed by atoms with Crippen molar-refractivity contribution in [2.45, 2.75) is 19.4 Å². The number of rotatable bonds is 6. The van der Waals surface area contributed by atoms with Gasteiger partial charge in [0.2, 0.25) is 0 Å². The molecule has 0 amide bonds. The highest BCUT2D eigenvalue weighted by Crippen LogP contribution is 2.36. The van der Waals surface area contributed by atoms with Crippen molar-refractivity contribution in [1.82, 2.24) is 4.57 Å². The summed E-state index contributed by atoms with van der Waals surface area (Å²) in [6.45, 7) is -0.656. The molecule has 2 N–H and O–H groups in total. The highest BCUT2D eigenvalue weighted by atomic mass is 79.9. The van der Waals surface area contributed by atoms with Gasteiger partial charge in [0.25, 0.3) is 0 Å². The van der Waals surface area contributed by atoms with Crippen molar-refractivity contribution in [2.75, 3.05) is 6.61 Å². The highest BCUT2D eigenvalue weighted by Gasteiger charge is 2.14. The molecule has 0 saturated heterocycles. The van der Waals surface area contributed by atoms with E-state index in [1.54, 1.807) is 0 Å². The Labute approximate surface area is 157 Å². The first-order valence-corrected chi connectivity index (χ1v) is 10.4. The molecule has 5 nitrogen and oxygen atoms in total. The van der Waals surface area contributed by atoms with Gasteiger partial charge < -0.3 is 14.4 Å². The van der Waals surface area contributed by atoms with E-state index in [4.69, 9.17) is 11.2 Å². The Morgan fingerprint density at radius 1 is 1.04 bits per heavy atom. The summed E-state index contributed by atoms with van der Waals surface area (Å²) in [6, 6.07) is 11.9. The lowest BCUT2D eigenvalue weighted by atomic mass is 10.2. The van der Waals surface area contributed by atoms with Crippen LogP contribution in [0.25, 0.3) is 21.8 Å². The minimum atomic E-state index is -4.45. The number of aryl methyl sites for hydroxylation is 1. The third-order valence-electron chi connectivity index (χ3n) is 3.65. The number of phosphoric ester groups is 1. The van der Waals surface area contributed by atoms with Crippen molar-refractivity contribution in [1.29, 1.82) is 0 Å². The van der Waals surface area contributed by atoms with E-state index in [1.165, 1.54) is 0 Å². The van der Waals surface area contributed by atoms with Crippen LogP contribution in [0.1, 0.15) is 14.2 Å². The molecule has 0 spiro atoms. The van der Waals surface area contributed by atoms with E-state index in [-0.39, 0.29) is 6.61 Å². The predicted octanol–water partition coefficient (Wildman–Crippen LogP) is 5.21. The van der Waals surface area contributed by atoms with Crippen molar-refractivity contribution in [3.8, 4) is 0 Å². The first kappa shape index (κ1) is 16.8. The third-order valence-corrected chi connectivity index (χ3v) is 5.15. The molecular formula is C16H16Br2NO4P. The van der Waals surface area contributed by atoms with E-state index in [0.29, 0.717) is 12.8 Å². The summed E-state index contributed by atoms with van der Waals surface area (Å²) < 4.78 is 27.6. The van der Waals surface area contributed by atoms with Crippen LogP contribution < -0.4 is 0 Å². The topological polar surface area (TPSA) is 71.7 Å². The molecule has 2 aromatic carbocycles. The Morgan fingerprint density at radius 2 is 1.58 bits per heavy atom. The van der Waals surface area contributed by atoms with Crippen LogP contribution in [0.15, 0.2) is 45.3 Å². The van der Waals surface area contributed by atoms with Crippen LogP contribution >= 0.6 is 39.7 Å². The predicted molar refractivity (Wildman–Crippen MR) is 102 cm³/mol. The summed E-state index contributed by atoms with van der Waals surface area (Å²) in [5, 5.41) is 2.10. The first-order chi connectivity index (χ1) is 11.8. The number of nitrogens with zero attached hydrogens (tertiary/aromatic N) is 1. The lowest BCUT2D eigenvalue weighted by Crippen LogP contribution is -2.00. The van der Waals surface area contributed by atoms with Crippen LogP contribution in [-0.4, -0.2) is 21.0 Å². The lowest BCUT2D eigenvalue weighted by molar-refractivity contribution is 0.193. The largest absolute Gasteiger partial charge is 0.469 e. The summed E-state index contributed by atoms with van der Waals surface area (Å²) in [7, 11) is -4.45. The number of aromatic nitrogens is 1. The van der Waals surface area contributed by atoms with Gasteiger partial charge in [0.05, 0.1) is 6.61 Å². The fourth-order valence-electron chi connectivity index (χ4n) is 2.68. The normalized spacial score (nSPS) is 14.2. The molecule has 8 heteroatoms. The maximum absolute atomic E-state index is 10.7. The molecule has 0 aliphatic heterocycles. The number of phosphoric acid groups is 1. The van der Waals surface area contributed by atoms with Gasteiger partial charge in [-0.2, -0.15) is 0 Å². The van der Waals surface area contributed by atoms with Crippen molar-refractivity contribution >= 4 is 61.5 Å². The second kappa shape index (κ2) is 7.28. The minimum Gasteiger partial charge on any atom is -0.340 e. The second-order valence-corrected chi connectivity index (χ2v) is 8.41. The van der Waals surface area contributed by atoms with Crippen molar-refractivity contribution < 1.29 is 20.2 Å². The van der Waals surface area contributed by atoms with Gasteiger partial charge in [0, 0.05) is 38.6 Å². The summed E-state index contributed by atoms with van der Waals surface area (Å²) in [5.74, 6) is 0. The number of hydrogen-bond acceptors (Lipinski definition) is 2. The van der Waals surface area contributed by atoms with Gasteiger partial charge >= 0.3 is 7.82 Å². The summed E-state index contributed by atoms with van der Waals surface area (Å²) >= 11 is 6.99. The van der Waals surface area contributed by atoms with E-state index in [2.05, 4.69) is 36.4 Å². The monoisotopic (exact) mass is 476 g/mol. The van der Waals surface area contributed by atoms with E-state index in [9.17, 15) is 4.57 Å². The van der Waals surface area contributed by atoms with Crippen LogP contribution in [-0.2, 0) is 15.6 Å². The van der Waals surface area contributed by atoms with Gasteiger partial charge in [0.15, 0.2) is 0 Å². The first-order valence-electron chi connectivity index (χ1n) is 7.85. The van der Waals surface area contributed by atoms with Crippen molar-refractivity contribution in [3.63, 3.8) is 0 Å². The molecule has 1 unspecified atom stereocenters. The number of benzene rings is 2. The van der Waals surface area contributed by atoms with Crippen LogP contribution in [0.3, 0.4) is 0 Å². The molecule has 0 aliphatic rings. The Kier molecular flexibility index (Phi) is 5.08. The Bertz CT molecular complexity index is 912. The smallest absolute Gasteiger partial charge is 0.340 e. The van der Waals surface area contributed by atoms with Crippen LogP contribution in [0, 0.1) is 0 Å². The van der Waals surface area contributed by atoms with Gasteiger partial charge in [-0.05, 0) is 49.2 Å². The molecule has 0 bridgehead atoms. The number of halogens is 2. The maximum atomic E-state index is 10.7. The molecule has 1 atom stereocenters. The van der Waals surface area contributed by atoms with Crippen LogP contribution in [0.2, 0.25) is 0 Å². The molecule has 0 fully saturated rings. The van der Waals surface area contributed by atoms with Crippen molar-refractivity contribution in [2.24, 2.45) is 0 Å². The third kappa shape index (κ3) is 4.10. The fourth-order valence-corrected chi connectivity index (χ4v) is 3.77. The average Bonchev–Trinajstić information content (AvgIpc) is 2.83. The fraction of sp³-hybridized carbons (Fsp3) is 0.250. The molecule has 24 heavy (non-hydrogen) atoms. The Morgan fingerprint density at radius 3 is 2.08 bits per heavy atom. The molecule has 1 aromatic heterocycles. The molecule has 0 aliphatic carbocycles. The molecular weight excluding hydrogens is 461 g/mol. The zero-order valence-corrected chi connectivity index (χ0v) is 16.6. The van der Waals surface area contributed by atoms with Crippen molar-refractivity contribution in [3.05, 3.63) is 45.3 Å². The van der Waals surface area contributed by atoms with Gasteiger partial charge in [0.1, 0.15) is 0 Å². The maximum Gasteiger partial charge on any atom is 0.469 e. The SMILES string of the molecule is [2H]C(CCCOP(=O)(O)O)n1c2ccc(Br)cc2c2cc(Br)ccc21. The summed E-state index contributed by atoms with van der Waals surface area (Å²) in [5.41, 5.74) is 1.90. The zero-order chi connectivity index (χ0) is 18.2. The lowest BCUT2D eigenvalue weighted by Gasteiger charge is -2.08. The van der Waals surface area contributed by atoms with Crippen LogP contribution in [0.5, 0.6) is 0 Å². The number of fused-ring (bicyclic) bond motifs is 3. The highest BCUT2D eigenvalue weighted by molar-refractivity contribution is 9.10. The zero-order valence-electron chi connectivity index (χ0n) is 13.5. The van der Waals surface area contributed by atoms with E-state index < -0.39 is 14.3 Å². The van der Waals surface area contributed by atoms with Gasteiger partial charge in [-0.1, -0.05) is 31.9 Å². The van der Waals surface area contributed by atoms with Gasteiger partial charge in [-0.25, -0.2) is 4.57 Å². The van der Waals surface area contributed by atoms with E-state index in [1.807, 2.05) is 41.0 Å². The van der Waals surface area contributed by atoms with Gasteiger partial charge in [-0.3, -0.25) is 4.52 Å². The standard InChI is InChI=1S/C16H16Br2NO4P/c17-11-3-5-15-13(9-11)14-10-12(18)4-6-16(14)19(15)7-1-2-8-23-24(20,21)22/h3-6,9-10H,1-2,7-8H2,(H2,20,21,22)/i7D. The molecule has 3 aromatic rings. The van der Waals surface area contributed by atoms with E-state index in [0.717, 1.165) is 30.8 Å². The summed E-state index contributed by atoms with van der Waals surface area (Å²) in [4.78, 5) is 17.5. The molecule has 0 radical (unpaired) electrons. The molecule has 0 saturated carbocycles. The average molecular weight is 478 g/mol. The number of hydrogen-bond donors (Lipinski definition) is 2. The Balaban J connectivity index is 1.95. The summed E-state index contributed by atoms with van der Waals surface area (Å²) in [6.07, 6.45) is 0.804.